The number of hydrogen-bond donors (Lipinski definition) is 1. The van der Waals surface area contributed by atoms with Gasteiger partial charge in [-0.3, -0.25) is 14.9 Å². The van der Waals surface area contributed by atoms with Gasteiger partial charge >= 0.3 is 6.03 Å². The molecule has 34 heavy (non-hydrogen) atoms. The minimum absolute atomic E-state index is 0.132. The summed E-state index contributed by atoms with van der Waals surface area (Å²) >= 11 is 12.3. The molecule has 0 bridgehead atoms. The van der Waals surface area contributed by atoms with Gasteiger partial charge < -0.3 is 4.57 Å². The van der Waals surface area contributed by atoms with Gasteiger partial charge in [-0.05, 0) is 65.9 Å². The van der Waals surface area contributed by atoms with Crippen LogP contribution in [-0.2, 0) is 16.1 Å². The highest BCUT2D eigenvalue weighted by Gasteiger charge is 2.37. The minimum atomic E-state index is -0.772. The van der Waals surface area contributed by atoms with E-state index in [1.807, 2.05) is 29.0 Å². The third kappa shape index (κ3) is 4.79. The molecule has 0 aliphatic carbocycles. The van der Waals surface area contributed by atoms with Crippen LogP contribution in [0.3, 0.4) is 0 Å². The quantitative estimate of drug-likeness (QED) is 0.335. The minimum Gasteiger partial charge on any atom is -0.343 e. The molecule has 1 aliphatic heterocycles. The van der Waals surface area contributed by atoms with Crippen molar-refractivity contribution in [1.29, 1.82) is 0 Å². The normalized spacial score (nSPS) is 16.2. The number of halogens is 2. The molecule has 3 aromatic rings. The fourth-order valence-electron chi connectivity index (χ4n) is 3.76. The number of amides is 4. The van der Waals surface area contributed by atoms with Crippen molar-refractivity contribution in [2.75, 3.05) is 4.90 Å². The Balaban J connectivity index is 1.64. The Kier molecular flexibility index (Phi) is 6.91. The molecule has 174 valence electrons. The van der Waals surface area contributed by atoms with Gasteiger partial charge in [0, 0.05) is 28.5 Å². The van der Waals surface area contributed by atoms with Crippen LogP contribution in [0, 0.1) is 0 Å². The predicted octanol–water partition coefficient (Wildman–Crippen LogP) is 6.02. The third-order valence-electron chi connectivity index (χ3n) is 5.95. The van der Waals surface area contributed by atoms with Gasteiger partial charge in [0.25, 0.3) is 11.8 Å². The van der Waals surface area contributed by atoms with Gasteiger partial charge in [0.2, 0.25) is 0 Å². The smallest absolute Gasteiger partial charge is 0.335 e. The number of aromatic nitrogens is 1. The zero-order valence-corrected chi connectivity index (χ0v) is 20.2. The van der Waals surface area contributed by atoms with E-state index in [2.05, 4.69) is 19.2 Å². The fourth-order valence-corrected chi connectivity index (χ4v) is 4.23. The molecule has 4 amide bonds. The molecule has 2 heterocycles. The van der Waals surface area contributed by atoms with Crippen molar-refractivity contribution in [3.63, 3.8) is 0 Å². The topological polar surface area (TPSA) is 71.4 Å². The summed E-state index contributed by atoms with van der Waals surface area (Å²) in [5.74, 6) is -1.05. The van der Waals surface area contributed by atoms with Gasteiger partial charge in [-0.1, -0.05) is 55.2 Å². The van der Waals surface area contributed by atoms with Gasteiger partial charge in [0.15, 0.2) is 0 Å². The van der Waals surface area contributed by atoms with Gasteiger partial charge in [-0.15, -0.1) is 0 Å². The van der Waals surface area contributed by atoms with Crippen molar-refractivity contribution >= 4 is 52.8 Å². The van der Waals surface area contributed by atoms with E-state index >= 15 is 0 Å². The molecule has 1 saturated heterocycles. The number of hydrogen-bond acceptors (Lipinski definition) is 3. The highest BCUT2D eigenvalue weighted by molar-refractivity contribution is 6.39. The van der Waals surface area contributed by atoms with Crippen LogP contribution >= 0.6 is 23.2 Å². The number of carbonyl (C=O) groups is 3. The summed E-state index contributed by atoms with van der Waals surface area (Å²) in [6, 6.07) is 15.3. The highest BCUT2D eigenvalue weighted by atomic mass is 35.5. The van der Waals surface area contributed by atoms with E-state index in [9.17, 15) is 14.4 Å². The molecule has 1 fully saturated rings. The molecular weight excluding hydrogens is 473 g/mol. The zero-order valence-electron chi connectivity index (χ0n) is 18.7. The monoisotopic (exact) mass is 495 g/mol. The molecule has 0 unspecified atom stereocenters. The van der Waals surface area contributed by atoms with Gasteiger partial charge in [-0.2, -0.15) is 0 Å². The van der Waals surface area contributed by atoms with Crippen molar-refractivity contribution in [2.24, 2.45) is 0 Å². The first-order valence-corrected chi connectivity index (χ1v) is 11.6. The Hall–Kier alpha value is -3.35. The summed E-state index contributed by atoms with van der Waals surface area (Å²) in [5, 5.41) is 3.32. The number of rotatable bonds is 6. The predicted molar refractivity (Wildman–Crippen MR) is 134 cm³/mol. The lowest BCUT2D eigenvalue weighted by Gasteiger charge is -2.26. The Bertz CT molecular complexity index is 1290. The SMILES string of the molecule is CC[C@H](C)c1ccc(N2C(=O)NC(=O)/C(=C\c3cccn3Cc3ccc(Cl)cc3Cl)C2=O)cc1. The van der Waals surface area contributed by atoms with Crippen LogP contribution in [0.2, 0.25) is 10.0 Å². The molecule has 1 aromatic heterocycles. The fraction of sp³-hybridized carbons (Fsp3) is 0.192. The maximum Gasteiger partial charge on any atom is 0.335 e. The van der Waals surface area contributed by atoms with E-state index in [-0.39, 0.29) is 5.57 Å². The lowest BCUT2D eigenvalue weighted by atomic mass is 9.98. The zero-order chi connectivity index (χ0) is 24.4. The molecule has 0 saturated carbocycles. The number of anilines is 1. The lowest BCUT2D eigenvalue weighted by molar-refractivity contribution is -0.122. The molecule has 1 aliphatic rings. The van der Waals surface area contributed by atoms with E-state index in [0.717, 1.165) is 22.4 Å². The molecule has 4 rings (SSSR count). The van der Waals surface area contributed by atoms with Gasteiger partial charge in [0.1, 0.15) is 5.57 Å². The van der Waals surface area contributed by atoms with E-state index in [1.54, 1.807) is 36.4 Å². The summed E-state index contributed by atoms with van der Waals surface area (Å²) in [6.07, 6.45) is 4.28. The second kappa shape index (κ2) is 9.87. The summed E-state index contributed by atoms with van der Waals surface area (Å²) in [7, 11) is 0. The van der Waals surface area contributed by atoms with Crippen LogP contribution in [0.15, 0.2) is 66.4 Å². The molecule has 8 heteroatoms. The first kappa shape index (κ1) is 23.8. The second-order valence-corrected chi connectivity index (χ2v) is 9.00. The number of imide groups is 2. The Labute approximate surface area is 207 Å². The van der Waals surface area contributed by atoms with Crippen molar-refractivity contribution < 1.29 is 14.4 Å². The van der Waals surface area contributed by atoms with E-state index in [0.29, 0.717) is 33.9 Å². The summed E-state index contributed by atoms with van der Waals surface area (Å²) in [6.45, 7) is 4.62. The van der Waals surface area contributed by atoms with E-state index in [1.165, 1.54) is 6.08 Å². The molecule has 1 atom stereocenters. The number of urea groups is 1. The molecule has 6 nitrogen and oxygen atoms in total. The average molecular weight is 496 g/mol. The van der Waals surface area contributed by atoms with Crippen molar-refractivity contribution in [1.82, 2.24) is 9.88 Å². The van der Waals surface area contributed by atoms with Gasteiger partial charge in [0.05, 0.1) is 5.69 Å². The number of nitrogens with one attached hydrogen (secondary N) is 1. The van der Waals surface area contributed by atoms with Crippen LogP contribution in [0.1, 0.15) is 43.0 Å². The largest absolute Gasteiger partial charge is 0.343 e. The van der Waals surface area contributed by atoms with E-state index < -0.39 is 17.8 Å². The number of benzene rings is 2. The summed E-state index contributed by atoms with van der Waals surface area (Å²) in [4.78, 5) is 39.3. The van der Waals surface area contributed by atoms with Crippen LogP contribution in [0.25, 0.3) is 6.08 Å². The highest BCUT2D eigenvalue weighted by Crippen LogP contribution is 2.26. The number of carbonyl (C=O) groups excluding carboxylic acids is 3. The first-order chi connectivity index (χ1) is 16.3. The standard InChI is InChI=1S/C26H23Cl2N3O3/c1-3-16(2)17-7-10-20(11-8-17)31-25(33)22(24(32)29-26(31)34)14-21-5-4-12-30(21)15-18-6-9-19(27)13-23(18)28/h4-14,16H,3,15H2,1-2H3,(H,29,32,34)/b22-14+/t16-/m0/s1. The van der Waals surface area contributed by atoms with Gasteiger partial charge in [-0.25, -0.2) is 9.69 Å². The third-order valence-corrected chi connectivity index (χ3v) is 6.53. The van der Waals surface area contributed by atoms with Crippen LogP contribution in [-0.4, -0.2) is 22.4 Å². The summed E-state index contributed by atoms with van der Waals surface area (Å²) in [5.41, 5.74) is 2.83. The summed E-state index contributed by atoms with van der Waals surface area (Å²) < 4.78 is 1.85. The Morgan fingerprint density at radius 1 is 1.03 bits per heavy atom. The lowest BCUT2D eigenvalue weighted by Crippen LogP contribution is -2.54. The Morgan fingerprint density at radius 3 is 2.44 bits per heavy atom. The second-order valence-electron chi connectivity index (χ2n) is 8.16. The molecule has 1 N–H and O–H groups in total. The maximum absolute atomic E-state index is 13.2. The average Bonchev–Trinajstić information content (AvgIpc) is 3.25. The maximum atomic E-state index is 13.2. The van der Waals surface area contributed by atoms with Crippen LogP contribution in [0.5, 0.6) is 0 Å². The number of barbiturate groups is 1. The van der Waals surface area contributed by atoms with Crippen LogP contribution < -0.4 is 10.2 Å². The van der Waals surface area contributed by atoms with Crippen LogP contribution in [0.4, 0.5) is 10.5 Å². The first-order valence-electron chi connectivity index (χ1n) is 10.9. The van der Waals surface area contributed by atoms with Crippen molar-refractivity contribution in [2.45, 2.75) is 32.7 Å². The molecular formula is C26H23Cl2N3O3. The van der Waals surface area contributed by atoms with Crippen molar-refractivity contribution in [3.8, 4) is 0 Å². The Morgan fingerprint density at radius 2 is 1.76 bits per heavy atom. The molecule has 0 radical (unpaired) electrons. The van der Waals surface area contributed by atoms with Crippen molar-refractivity contribution in [3.05, 3.63) is 93.2 Å². The molecule has 2 aromatic carbocycles. The van der Waals surface area contributed by atoms with E-state index in [4.69, 9.17) is 23.2 Å². The number of nitrogens with zero attached hydrogens (tertiary/aromatic N) is 2. The molecule has 0 spiro atoms.